The standard InChI is InChI=1S/C13H27N3O2/c1-18-8-7-15-10-13(17)16-12(9-14)11-5-3-2-4-6-11/h11-12,15H,2-10,14H2,1H3,(H,16,17). The van der Waals surface area contributed by atoms with E-state index in [0.717, 1.165) is 0 Å². The van der Waals surface area contributed by atoms with Crippen LogP contribution in [0.2, 0.25) is 0 Å². The van der Waals surface area contributed by atoms with Crippen molar-refractivity contribution in [3.8, 4) is 0 Å². The van der Waals surface area contributed by atoms with Crippen LogP contribution in [0.4, 0.5) is 0 Å². The lowest BCUT2D eigenvalue weighted by Crippen LogP contribution is -2.48. The van der Waals surface area contributed by atoms with Crippen molar-refractivity contribution in [1.82, 2.24) is 10.6 Å². The van der Waals surface area contributed by atoms with E-state index in [9.17, 15) is 4.79 Å². The molecule has 1 aliphatic carbocycles. The van der Waals surface area contributed by atoms with Gasteiger partial charge < -0.3 is 21.1 Å². The Morgan fingerprint density at radius 2 is 2.11 bits per heavy atom. The third-order valence-electron chi connectivity index (χ3n) is 3.59. The molecule has 5 nitrogen and oxygen atoms in total. The van der Waals surface area contributed by atoms with Crippen LogP contribution in [-0.2, 0) is 9.53 Å². The van der Waals surface area contributed by atoms with Crippen LogP contribution in [0, 0.1) is 5.92 Å². The highest BCUT2D eigenvalue weighted by Crippen LogP contribution is 2.26. The predicted octanol–water partition coefficient (Wildman–Crippen LogP) is 0.246. The molecule has 0 heterocycles. The molecule has 0 aromatic heterocycles. The topological polar surface area (TPSA) is 76.4 Å². The third-order valence-corrected chi connectivity index (χ3v) is 3.59. The van der Waals surface area contributed by atoms with Gasteiger partial charge >= 0.3 is 0 Å². The molecule has 0 radical (unpaired) electrons. The van der Waals surface area contributed by atoms with Crippen molar-refractivity contribution < 1.29 is 9.53 Å². The normalized spacial score (nSPS) is 18.6. The van der Waals surface area contributed by atoms with Crippen molar-refractivity contribution in [2.45, 2.75) is 38.1 Å². The molecule has 0 spiro atoms. The van der Waals surface area contributed by atoms with Gasteiger partial charge in [0.25, 0.3) is 0 Å². The Bertz CT molecular complexity index is 230. The lowest BCUT2D eigenvalue weighted by molar-refractivity contribution is -0.121. The molecular weight excluding hydrogens is 230 g/mol. The quantitative estimate of drug-likeness (QED) is 0.545. The molecule has 1 rings (SSSR count). The summed E-state index contributed by atoms with van der Waals surface area (Å²) in [7, 11) is 1.65. The van der Waals surface area contributed by atoms with E-state index < -0.39 is 0 Å². The molecule has 0 bridgehead atoms. The summed E-state index contributed by atoms with van der Waals surface area (Å²) in [5, 5.41) is 6.09. The van der Waals surface area contributed by atoms with Crippen molar-refractivity contribution in [3.63, 3.8) is 0 Å². The summed E-state index contributed by atoms with van der Waals surface area (Å²) in [6.45, 7) is 2.19. The molecule has 106 valence electrons. The molecule has 5 heteroatoms. The zero-order valence-electron chi connectivity index (χ0n) is 11.4. The second-order valence-electron chi connectivity index (χ2n) is 4.98. The van der Waals surface area contributed by atoms with E-state index in [2.05, 4.69) is 10.6 Å². The van der Waals surface area contributed by atoms with Gasteiger partial charge in [0.15, 0.2) is 0 Å². The summed E-state index contributed by atoms with van der Waals surface area (Å²) in [6, 6.07) is 0.141. The van der Waals surface area contributed by atoms with Crippen molar-refractivity contribution in [1.29, 1.82) is 0 Å². The van der Waals surface area contributed by atoms with Crippen LogP contribution >= 0.6 is 0 Å². The molecule has 1 aliphatic rings. The fraction of sp³-hybridized carbons (Fsp3) is 0.923. The van der Waals surface area contributed by atoms with E-state index in [0.29, 0.717) is 32.2 Å². The van der Waals surface area contributed by atoms with Crippen LogP contribution in [0.15, 0.2) is 0 Å². The average Bonchev–Trinajstić information content (AvgIpc) is 2.42. The van der Waals surface area contributed by atoms with Crippen LogP contribution in [0.25, 0.3) is 0 Å². The molecule has 0 aromatic carbocycles. The molecule has 1 unspecified atom stereocenters. The number of nitrogens with one attached hydrogen (secondary N) is 2. The lowest BCUT2D eigenvalue weighted by atomic mass is 9.84. The number of nitrogens with two attached hydrogens (primary N) is 1. The average molecular weight is 257 g/mol. The Morgan fingerprint density at radius 3 is 2.72 bits per heavy atom. The van der Waals surface area contributed by atoms with Gasteiger partial charge in [-0.25, -0.2) is 0 Å². The fourth-order valence-electron chi connectivity index (χ4n) is 2.54. The van der Waals surface area contributed by atoms with Gasteiger partial charge in [0.05, 0.1) is 13.2 Å². The van der Waals surface area contributed by atoms with E-state index >= 15 is 0 Å². The molecule has 0 saturated heterocycles. The number of hydrogen-bond acceptors (Lipinski definition) is 4. The van der Waals surface area contributed by atoms with Gasteiger partial charge in [0, 0.05) is 26.2 Å². The number of carbonyl (C=O) groups excluding carboxylic acids is 1. The molecule has 1 saturated carbocycles. The summed E-state index contributed by atoms with van der Waals surface area (Å²) in [6.07, 6.45) is 6.24. The highest BCUT2D eigenvalue weighted by atomic mass is 16.5. The summed E-state index contributed by atoms with van der Waals surface area (Å²) in [5.41, 5.74) is 5.77. The highest BCUT2D eigenvalue weighted by molar-refractivity contribution is 5.78. The molecule has 4 N–H and O–H groups in total. The first kappa shape index (κ1) is 15.4. The SMILES string of the molecule is COCCNCC(=O)NC(CN)C1CCCCC1. The van der Waals surface area contributed by atoms with Crippen LogP contribution in [0.5, 0.6) is 0 Å². The number of carbonyl (C=O) groups is 1. The van der Waals surface area contributed by atoms with Gasteiger partial charge in [-0.15, -0.1) is 0 Å². The molecule has 1 amide bonds. The Morgan fingerprint density at radius 1 is 1.39 bits per heavy atom. The lowest BCUT2D eigenvalue weighted by Gasteiger charge is -2.30. The highest BCUT2D eigenvalue weighted by Gasteiger charge is 2.23. The molecule has 1 fully saturated rings. The first-order valence-corrected chi connectivity index (χ1v) is 6.97. The Hall–Kier alpha value is -0.650. The smallest absolute Gasteiger partial charge is 0.234 e. The van der Waals surface area contributed by atoms with Gasteiger partial charge in [-0.2, -0.15) is 0 Å². The number of methoxy groups -OCH3 is 1. The van der Waals surface area contributed by atoms with Crippen molar-refractivity contribution in [2.24, 2.45) is 11.7 Å². The van der Waals surface area contributed by atoms with Crippen LogP contribution < -0.4 is 16.4 Å². The summed E-state index contributed by atoms with van der Waals surface area (Å²) < 4.78 is 4.91. The maximum Gasteiger partial charge on any atom is 0.234 e. The van der Waals surface area contributed by atoms with Gasteiger partial charge in [-0.3, -0.25) is 4.79 Å². The molecule has 0 aliphatic heterocycles. The van der Waals surface area contributed by atoms with Crippen molar-refractivity contribution >= 4 is 5.91 Å². The number of rotatable bonds is 8. The fourth-order valence-corrected chi connectivity index (χ4v) is 2.54. The molecule has 18 heavy (non-hydrogen) atoms. The Labute approximate surface area is 110 Å². The van der Waals surface area contributed by atoms with E-state index in [4.69, 9.17) is 10.5 Å². The zero-order valence-corrected chi connectivity index (χ0v) is 11.4. The maximum atomic E-state index is 11.7. The van der Waals surface area contributed by atoms with E-state index in [1.54, 1.807) is 7.11 Å². The minimum atomic E-state index is 0.0344. The van der Waals surface area contributed by atoms with E-state index in [1.807, 2.05) is 0 Å². The van der Waals surface area contributed by atoms with Gasteiger partial charge in [0.1, 0.15) is 0 Å². The van der Waals surface area contributed by atoms with Crippen LogP contribution in [0.1, 0.15) is 32.1 Å². The third kappa shape index (κ3) is 5.80. The Balaban J connectivity index is 2.22. The summed E-state index contributed by atoms with van der Waals surface area (Å²) in [4.78, 5) is 11.7. The van der Waals surface area contributed by atoms with Crippen LogP contribution in [-0.4, -0.2) is 45.3 Å². The number of ether oxygens (including phenoxy) is 1. The van der Waals surface area contributed by atoms with Gasteiger partial charge in [-0.1, -0.05) is 19.3 Å². The first-order valence-electron chi connectivity index (χ1n) is 6.97. The van der Waals surface area contributed by atoms with Crippen LogP contribution in [0.3, 0.4) is 0 Å². The molecular formula is C13H27N3O2. The molecule has 1 atom stereocenters. The van der Waals surface area contributed by atoms with Crippen molar-refractivity contribution in [2.75, 3.05) is 33.4 Å². The van der Waals surface area contributed by atoms with Crippen molar-refractivity contribution in [3.05, 3.63) is 0 Å². The second kappa shape index (κ2) is 9.30. The Kier molecular flexibility index (Phi) is 7.96. The maximum absolute atomic E-state index is 11.7. The first-order chi connectivity index (χ1) is 8.77. The zero-order chi connectivity index (χ0) is 13.2. The van der Waals surface area contributed by atoms with Gasteiger partial charge in [0.2, 0.25) is 5.91 Å². The summed E-state index contributed by atoms with van der Waals surface area (Å²) in [5.74, 6) is 0.596. The predicted molar refractivity (Wildman–Crippen MR) is 72.3 cm³/mol. The number of hydrogen-bond donors (Lipinski definition) is 3. The largest absolute Gasteiger partial charge is 0.383 e. The van der Waals surface area contributed by atoms with E-state index in [-0.39, 0.29) is 11.9 Å². The van der Waals surface area contributed by atoms with E-state index in [1.165, 1.54) is 32.1 Å². The number of amides is 1. The summed E-state index contributed by atoms with van der Waals surface area (Å²) >= 11 is 0. The minimum Gasteiger partial charge on any atom is -0.383 e. The molecule has 0 aromatic rings. The minimum absolute atomic E-state index is 0.0344. The monoisotopic (exact) mass is 257 g/mol. The second-order valence-corrected chi connectivity index (χ2v) is 4.98. The van der Waals surface area contributed by atoms with Gasteiger partial charge in [-0.05, 0) is 18.8 Å².